The van der Waals surface area contributed by atoms with E-state index in [9.17, 15) is 0 Å². The van der Waals surface area contributed by atoms with Crippen molar-refractivity contribution in [1.82, 2.24) is 19.9 Å². The summed E-state index contributed by atoms with van der Waals surface area (Å²) in [5.41, 5.74) is 3.23. The fourth-order valence-corrected chi connectivity index (χ4v) is 5.75. The highest BCUT2D eigenvalue weighted by molar-refractivity contribution is 7.17. The Balaban J connectivity index is 1.36. The monoisotopic (exact) mass is 457 g/mol. The van der Waals surface area contributed by atoms with Gasteiger partial charge in [-0.05, 0) is 30.5 Å². The number of nitrogens with zero attached hydrogens (tertiary/aromatic N) is 5. The van der Waals surface area contributed by atoms with E-state index in [1.54, 1.807) is 17.5 Å². The predicted octanol–water partition coefficient (Wildman–Crippen LogP) is 4.72. The third-order valence-electron chi connectivity index (χ3n) is 6.55. The molecule has 1 aromatic carbocycles. The van der Waals surface area contributed by atoms with Crippen LogP contribution in [0.5, 0.6) is 0 Å². The van der Waals surface area contributed by atoms with Crippen molar-refractivity contribution in [1.29, 1.82) is 0 Å². The number of fused-ring (bicyclic) bond motifs is 1. The first-order chi connectivity index (χ1) is 16.3. The maximum absolute atomic E-state index is 5.86. The van der Waals surface area contributed by atoms with Crippen LogP contribution in [0, 0.1) is 0 Å². The fourth-order valence-electron chi connectivity index (χ4n) is 4.81. The van der Waals surface area contributed by atoms with Crippen LogP contribution >= 0.6 is 11.3 Å². The summed E-state index contributed by atoms with van der Waals surface area (Å²) < 4.78 is 5.86. The predicted molar refractivity (Wildman–Crippen MR) is 134 cm³/mol. The number of piperazine rings is 1. The average Bonchev–Trinajstić information content (AvgIpc) is 3.55. The second-order valence-corrected chi connectivity index (χ2v) is 9.56. The highest BCUT2D eigenvalue weighted by Crippen LogP contribution is 2.39. The van der Waals surface area contributed by atoms with Gasteiger partial charge in [-0.25, -0.2) is 9.97 Å². The van der Waals surface area contributed by atoms with E-state index in [0.29, 0.717) is 11.9 Å². The van der Waals surface area contributed by atoms with E-state index in [4.69, 9.17) is 14.7 Å². The molecule has 2 saturated heterocycles. The van der Waals surface area contributed by atoms with Crippen molar-refractivity contribution in [3.05, 3.63) is 60.1 Å². The summed E-state index contributed by atoms with van der Waals surface area (Å²) in [4.78, 5) is 20.5. The van der Waals surface area contributed by atoms with E-state index < -0.39 is 0 Å². The van der Waals surface area contributed by atoms with Crippen LogP contribution in [0.2, 0.25) is 0 Å². The molecule has 6 rings (SSSR count). The summed E-state index contributed by atoms with van der Waals surface area (Å²) in [5.74, 6) is 1.72. The van der Waals surface area contributed by atoms with Crippen molar-refractivity contribution in [2.75, 3.05) is 44.2 Å². The van der Waals surface area contributed by atoms with Crippen LogP contribution in [-0.4, -0.2) is 65.3 Å². The molecule has 0 N–H and O–H groups in total. The van der Waals surface area contributed by atoms with E-state index in [1.807, 2.05) is 18.2 Å². The fraction of sp³-hybridized carbons (Fsp3) is 0.346. The van der Waals surface area contributed by atoms with Gasteiger partial charge in [-0.15, -0.1) is 11.3 Å². The summed E-state index contributed by atoms with van der Waals surface area (Å²) in [6.07, 6.45) is 4.59. The maximum atomic E-state index is 5.86. The van der Waals surface area contributed by atoms with Gasteiger partial charge in [-0.2, -0.15) is 0 Å². The standard InChI is InChI=1S/C26H27N5OS/c1-2-7-19(8-3-1)21-18-33-26-23(21)25(28-24(29-26)22-10-4-5-11-27-22)31-14-12-30(13-15-31)17-20-9-6-16-32-20/h1-5,7-8,10-11,18,20H,6,9,12-17H2. The number of benzene rings is 1. The Morgan fingerprint density at radius 1 is 0.970 bits per heavy atom. The molecule has 0 aliphatic carbocycles. The Kier molecular flexibility index (Phi) is 5.76. The van der Waals surface area contributed by atoms with Gasteiger partial charge in [0.2, 0.25) is 0 Å². The third-order valence-corrected chi connectivity index (χ3v) is 7.42. The number of ether oxygens (including phenoxy) is 1. The van der Waals surface area contributed by atoms with Crippen LogP contribution < -0.4 is 4.90 Å². The molecule has 1 unspecified atom stereocenters. The number of aromatic nitrogens is 3. The minimum atomic E-state index is 0.402. The summed E-state index contributed by atoms with van der Waals surface area (Å²) in [7, 11) is 0. The van der Waals surface area contributed by atoms with E-state index in [-0.39, 0.29) is 0 Å². The molecule has 0 radical (unpaired) electrons. The third kappa shape index (κ3) is 4.24. The number of hydrogen-bond acceptors (Lipinski definition) is 7. The zero-order chi connectivity index (χ0) is 22.0. The molecular weight excluding hydrogens is 430 g/mol. The average molecular weight is 458 g/mol. The van der Waals surface area contributed by atoms with Crippen LogP contribution in [0.15, 0.2) is 60.1 Å². The molecule has 3 aromatic heterocycles. The SMILES string of the molecule is c1ccc(-c2csc3nc(-c4ccccn4)nc(N4CCN(CC5CCCO5)CC4)c23)cc1. The molecule has 5 heterocycles. The molecule has 2 fully saturated rings. The molecule has 33 heavy (non-hydrogen) atoms. The molecule has 168 valence electrons. The smallest absolute Gasteiger partial charge is 0.181 e. The molecule has 0 amide bonds. The number of rotatable bonds is 5. The topological polar surface area (TPSA) is 54.4 Å². The summed E-state index contributed by atoms with van der Waals surface area (Å²) in [5, 5.41) is 3.37. The lowest BCUT2D eigenvalue weighted by Gasteiger charge is -2.36. The Hall–Kier alpha value is -2.87. The van der Waals surface area contributed by atoms with E-state index >= 15 is 0 Å². The maximum Gasteiger partial charge on any atom is 0.181 e. The van der Waals surface area contributed by atoms with Gasteiger partial charge in [-0.3, -0.25) is 9.88 Å². The second kappa shape index (κ2) is 9.17. The first-order valence-electron chi connectivity index (χ1n) is 11.7. The molecule has 2 aliphatic heterocycles. The van der Waals surface area contributed by atoms with Crippen LogP contribution in [0.1, 0.15) is 12.8 Å². The zero-order valence-electron chi connectivity index (χ0n) is 18.6. The summed E-state index contributed by atoms with van der Waals surface area (Å²) in [6.45, 7) is 5.90. The largest absolute Gasteiger partial charge is 0.377 e. The minimum absolute atomic E-state index is 0.402. The van der Waals surface area contributed by atoms with Crippen molar-refractivity contribution < 1.29 is 4.74 Å². The minimum Gasteiger partial charge on any atom is -0.377 e. The van der Waals surface area contributed by atoms with Gasteiger partial charge in [0.1, 0.15) is 16.3 Å². The van der Waals surface area contributed by atoms with Crippen molar-refractivity contribution in [2.45, 2.75) is 18.9 Å². The van der Waals surface area contributed by atoms with Crippen LogP contribution in [0.3, 0.4) is 0 Å². The molecule has 2 aliphatic rings. The van der Waals surface area contributed by atoms with E-state index in [1.165, 1.54) is 24.0 Å². The zero-order valence-corrected chi connectivity index (χ0v) is 19.4. The van der Waals surface area contributed by atoms with Crippen molar-refractivity contribution in [3.63, 3.8) is 0 Å². The summed E-state index contributed by atoms with van der Waals surface area (Å²) in [6, 6.07) is 16.5. The van der Waals surface area contributed by atoms with Crippen molar-refractivity contribution in [2.24, 2.45) is 0 Å². The first-order valence-corrected chi connectivity index (χ1v) is 12.6. The molecule has 0 bridgehead atoms. The first kappa shape index (κ1) is 20.7. The lowest BCUT2D eigenvalue weighted by Crippen LogP contribution is -2.48. The number of thiophene rings is 1. The Morgan fingerprint density at radius 2 is 1.82 bits per heavy atom. The lowest BCUT2D eigenvalue weighted by molar-refractivity contribution is 0.0712. The van der Waals surface area contributed by atoms with Gasteiger partial charge < -0.3 is 9.64 Å². The van der Waals surface area contributed by atoms with Crippen molar-refractivity contribution >= 4 is 27.4 Å². The summed E-state index contributed by atoms with van der Waals surface area (Å²) >= 11 is 1.69. The van der Waals surface area contributed by atoms with Gasteiger partial charge in [0.15, 0.2) is 5.82 Å². The number of hydrogen-bond donors (Lipinski definition) is 0. The molecular formula is C26H27N5OS. The van der Waals surface area contributed by atoms with E-state index in [0.717, 1.165) is 61.1 Å². The van der Waals surface area contributed by atoms with Crippen LogP contribution in [0.4, 0.5) is 5.82 Å². The van der Waals surface area contributed by atoms with Gasteiger partial charge in [0.25, 0.3) is 0 Å². The van der Waals surface area contributed by atoms with Gasteiger partial charge in [-0.1, -0.05) is 36.4 Å². The normalized spacial score (nSPS) is 19.4. The number of anilines is 1. The van der Waals surface area contributed by atoms with Crippen molar-refractivity contribution in [3.8, 4) is 22.6 Å². The molecule has 6 nitrogen and oxygen atoms in total. The number of pyridine rings is 1. The molecule has 0 saturated carbocycles. The van der Waals surface area contributed by atoms with Crippen LogP contribution in [-0.2, 0) is 4.74 Å². The quantitative estimate of drug-likeness (QED) is 0.432. The second-order valence-electron chi connectivity index (χ2n) is 8.70. The highest BCUT2D eigenvalue weighted by Gasteiger charge is 2.26. The van der Waals surface area contributed by atoms with E-state index in [2.05, 4.69) is 50.5 Å². The van der Waals surface area contributed by atoms with Crippen LogP contribution in [0.25, 0.3) is 32.9 Å². The highest BCUT2D eigenvalue weighted by atomic mass is 32.1. The van der Waals surface area contributed by atoms with Gasteiger partial charge in [0, 0.05) is 56.5 Å². The molecule has 1 atom stereocenters. The lowest BCUT2D eigenvalue weighted by atomic mass is 10.1. The Bertz CT molecular complexity index is 1220. The van der Waals surface area contributed by atoms with Gasteiger partial charge >= 0.3 is 0 Å². The van der Waals surface area contributed by atoms with Gasteiger partial charge in [0.05, 0.1) is 11.5 Å². The molecule has 7 heteroatoms. The molecule has 0 spiro atoms. The Labute approximate surface area is 197 Å². The molecule has 4 aromatic rings. The Morgan fingerprint density at radius 3 is 2.58 bits per heavy atom.